The van der Waals surface area contributed by atoms with E-state index in [0.29, 0.717) is 11.5 Å². The summed E-state index contributed by atoms with van der Waals surface area (Å²) in [5.41, 5.74) is 8.37. The number of hydrogen-bond acceptors (Lipinski definition) is 9. The molecule has 0 fully saturated rings. The van der Waals surface area contributed by atoms with E-state index in [9.17, 15) is 0 Å². The third kappa shape index (κ3) is 9.87. The summed E-state index contributed by atoms with van der Waals surface area (Å²) in [4.78, 5) is 18.0. The number of nitrogens with zero attached hydrogens (tertiary/aromatic N) is 5. The molecule has 0 saturated heterocycles. The van der Waals surface area contributed by atoms with Crippen LogP contribution in [0.15, 0.2) is 70.8 Å². The van der Waals surface area contributed by atoms with E-state index < -0.39 is 0 Å². The van der Waals surface area contributed by atoms with Gasteiger partial charge in [-0.25, -0.2) is 0 Å². The Morgan fingerprint density at radius 3 is 2.29 bits per heavy atom. The van der Waals surface area contributed by atoms with Gasteiger partial charge in [0.2, 0.25) is 0 Å². The maximum atomic E-state index is 5.41. The van der Waals surface area contributed by atoms with Gasteiger partial charge in [0.15, 0.2) is 6.40 Å². The van der Waals surface area contributed by atoms with Crippen LogP contribution in [-0.2, 0) is 33.4 Å². The van der Waals surface area contributed by atoms with Crippen LogP contribution >= 0.6 is 24.4 Å². The number of aliphatic imine (C=N–C) groups is 1. The van der Waals surface area contributed by atoms with E-state index in [4.69, 9.17) is 4.74 Å². The second kappa shape index (κ2) is 18.0. The molecule has 0 unspecified atom stereocenters. The van der Waals surface area contributed by atoms with Gasteiger partial charge in [-0.05, 0) is 88.5 Å². The van der Waals surface area contributed by atoms with Crippen molar-refractivity contribution in [2.24, 2.45) is 4.99 Å². The minimum Gasteiger partial charge on any atom is -0.492 e. The molecule has 1 N–H and O–H groups in total. The number of anilines is 2. The first-order valence-electron chi connectivity index (χ1n) is 13.0. The number of rotatable bonds is 10. The molecule has 0 saturated carbocycles. The molecule has 224 valence electrons. The van der Waals surface area contributed by atoms with Crippen molar-refractivity contribution in [3.63, 3.8) is 0 Å². The molecule has 7 nitrogen and oxygen atoms in total. The van der Waals surface area contributed by atoms with Crippen molar-refractivity contribution >= 4 is 42.2 Å². The Balaban J connectivity index is 0.000000287. The van der Waals surface area contributed by atoms with Crippen LogP contribution in [0, 0.1) is 12.1 Å². The number of ether oxygens (including phenoxy) is 1. The molecule has 4 rings (SSSR count). The van der Waals surface area contributed by atoms with Crippen LogP contribution in [0.25, 0.3) is 22.5 Å². The Labute approximate surface area is 274 Å². The molecule has 0 amide bonds. The van der Waals surface area contributed by atoms with Crippen molar-refractivity contribution in [3.8, 4) is 28.3 Å². The van der Waals surface area contributed by atoms with E-state index in [1.807, 2.05) is 76.8 Å². The molecule has 4 aromatic rings. The smallest absolute Gasteiger partial charge is 0.492 e. The monoisotopic (exact) mass is 781 g/mol. The Morgan fingerprint density at radius 1 is 0.976 bits per heavy atom. The van der Waals surface area contributed by atoms with Crippen LogP contribution in [0.4, 0.5) is 11.4 Å². The van der Waals surface area contributed by atoms with Crippen molar-refractivity contribution in [1.29, 1.82) is 0 Å². The number of nitrogens with one attached hydrogen (secondary N) is 1. The fraction of sp³-hybridized carbons (Fsp3) is 0.281. The van der Waals surface area contributed by atoms with E-state index in [2.05, 4.69) is 74.4 Å². The van der Waals surface area contributed by atoms with Gasteiger partial charge in [0.05, 0.1) is 0 Å². The molecule has 0 aliphatic carbocycles. The van der Waals surface area contributed by atoms with Gasteiger partial charge in [0, 0.05) is 35.8 Å². The van der Waals surface area contributed by atoms with Crippen molar-refractivity contribution in [1.82, 2.24) is 15.3 Å². The van der Waals surface area contributed by atoms with Gasteiger partial charge < -0.3 is 29.8 Å². The zero-order chi connectivity index (χ0) is 29.8. The third-order valence-electron chi connectivity index (χ3n) is 6.05. The van der Waals surface area contributed by atoms with Gasteiger partial charge in [0.1, 0.15) is 0 Å². The molecule has 0 atom stereocenters. The fourth-order valence-corrected chi connectivity index (χ4v) is 4.57. The van der Waals surface area contributed by atoms with Crippen molar-refractivity contribution in [2.45, 2.75) is 17.2 Å². The summed E-state index contributed by atoms with van der Waals surface area (Å²) in [6.07, 6.45) is 7.12. The SMILES string of the molecule is CN=COc1c[c-]c(-c2cc(SC)ccn2)c(N(C)C)c1.CNCc1cc(N(C)C)c[c-]c1-c1cc(CS)ccn1.[Pt+2]. The average Bonchev–Trinajstić information content (AvgIpc) is 3.00. The largest absolute Gasteiger partial charge is 2.00 e. The fourth-order valence-electron chi connectivity index (χ4n) is 3.95. The Kier molecular flexibility index (Phi) is 15.1. The first-order chi connectivity index (χ1) is 19.8. The van der Waals surface area contributed by atoms with Gasteiger partial charge >= 0.3 is 21.1 Å². The summed E-state index contributed by atoms with van der Waals surface area (Å²) in [6, 6.07) is 22.7. The first kappa shape index (κ1) is 35.4. The topological polar surface area (TPSA) is 65.9 Å². The van der Waals surface area contributed by atoms with Crippen molar-refractivity contribution in [2.75, 3.05) is 58.3 Å². The number of benzene rings is 2. The molecule has 2 aromatic carbocycles. The quantitative estimate of drug-likeness (QED) is 0.0660. The summed E-state index contributed by atoms with van der Waals surface area (Å²) >= 11 is 6.02. The summed E-state index contributed by atoms with van der Waals surface area (Å²) in [5, 5.41) is 3.21. The standard InChI is InChI=1S/C16H18N3OS.C16H20N3S.Pt/c1-17-11-20-12-5-6-14(16(9-12)19(2)3)15-10-13(21-4)7-8-18-15;1-17-10-13-9-14(19(2)3)4-5-15(13)16-8-12(11-20)6-7-18-16;/h5,7-11H,1-4H3;4,6-9,17,20H,10-11H2,1-3H3;/q2*-1;+2. The van der Waals surface area contributed by atoms with Gasteiger partial charge in [-0.15, -0.1) is 58.8 Å². The van der Waals surface area contributed by atoms with E-state index in [0.717, 1.165) is 40.4 Å². The van der Waals surface area contributed by atoms with E-state index in [1.54, 1.807) is 24.9 Å². The van der Waals surface area contributed by atoms with Gasteiger partial charge in [-0.3, -0.25) is 4.99 Å². The second-order valence-electron chi connectivity index (χ2n) is 9.44. The van der Waals surface area contributed by atoms with E-state index >= 15 is 0 Å². The maximum Gasteiger partial charge on any atom is 2.00 e. The molecule has 0 bridgehead atoms. The molecule has 0 radical (unpaired) electrons. The van der Waals surface area contributed by atoms with Crippen LogP contribution in [-0.4, -0.2) is 64.9 Å². The normalized spacial score (nSPS) is 10.5. The number of hydrogen-bond donors (Lipinski definition) is 2. The zero-order valence-electron chi connectivity index (χ0n) is 25.1. The molecular formula is C32H38N6OPtS2. The van der Waals surface area contributed by atoms with Crippen LogP contribution in [0.2, 0.25) is 0 Å². The van der Waals surface area contributed by atoms with Crippen LogP contribution in [0.5, 0.6) is 5.75 Å². The minimum absolute atomic E-state index is 0. The minimum atomic E-state index is 0. The Morgan fingerprint density at radius 2 is 1.67 bits per heavy atom. The molecule has 2 heterocycles. The number of pyridine rings is 2. The molecule has 42 heavy (non-hydrogen) atoms. The summed E-state index contributed by atoms with van der Waals surface area (Å²) < 4.78 is 5.41. The van der Waals surface area contributed by atoms with Gasteiger partial charge in [-0.1, -0.05) is 18.2 Å². The Hall–Kier alpha value is -2.84. The summed E-state index contributed by atoms with van der Waals surface area (Å²) in [6.45, 7) is 0.792. The predicted molar refractivity (Wildman–Crippen MR) is 178 cm³/mol. The number of aromatic nitrogens is 2. The van der Waals surface area contributed by atoms with Gasteiger partial charge in [-0.2, -0.15) is 12.6 Å². The number of thiol groups is 1. The molecule has 10 heteroatoms. The molecule has 0 aliphatic heterocycles. The van der Waals surface area contributed by atoms with Crippen molar-refractivity contribution in [3.05, 3.63) is 84.2 Å². The summed E-state index contributed by atoms with van der Waals surface area (Å²) in [7, 11) is 11.7. The van der Waals surface area contributed by atoms with E-state index in [1.165, 1.54) is 22.4 Å². The van der Waals surface area contributed by atoms with Gasteiger partial charge in [0.25, 0.3) is 0 Å². The molecule has 0 spiro atoms. The van der Waals surface area contributed by atoms with E-state index in [-0.39, 0.29) is 21.1 Å². The molecule has 0 aliphatic rings. The van der Waals surface area contributed by atoms with Crippen molar-refractivity contribution < 1.29 is 25.8 Å². The first-order valence-corrected chi connectivity index (χ1v) is 14.9. The second-order valence-corrected chi connectivity index (χ2v) is 10.6. The third-order valence-corrected chi connectivity index (χ3v) is 7.14. The zero-order valence-corrected chi connectivity index (χ0v) is 29.1. The van der Waals surface area contributed by atoms with Crippen LogP contribution < -0.4 is 19.9 Å². The van der Waals surface area contributed by atoms with Crippen LogP contribution in [0.1, 0.15) is 11.1 Å². The number of thioether (sulfide) groups is 1. The van der Waals surface area contributed by atoms with Crippen LogP contribution in [0.3, 0.4) is 0 Å². The predicted octanol–water partition coefficient (Wildman–Crippen LogP) is 6.14. The average molecular weight is 782 g/mol. The molecule has 2 aromatic heterocycles. The molecular weight excluding hydrogens is 744 g/mol. The summed E-state index contributed by atoms with van der Waals surface area (Å²) in [5.74, 6) is 1.42. The Bertz CT molecular complexity index is 1450. The maximum absolute atomic E-state index is 5.41.